The minimum Gasteiger partial charge on any atom is -0.328 e. The molecule has 0 spiro atoms. The molecule has 0 aliphatic rings. The molecule has 2 aromatic heterocycles. The molecule has 1 N–H and O–H groups in total. The Balaban J connectivity index is 2.47. The van der Waals surface area contributed by atoms with E-state index in [1.165, 1.54) is 12.3 Å². The van der Waals surface area contributed by atoms with Crippen LogP contribution < -0.4 is 5.56 Å². The van der Waals surface area contributed by atoms with E-state index in [0.717, 1.165) is 11.3 Å². The van der Waals surface area contributed by atoms with Gasteiger partial charge in [-0.25, -0.2) is 0 Å². The van der Waals surface area contributed by atoms with Crippen molar-refractivity contribution in [3.05, 3.63) is 33.9 Å². The lowest BCUT2D eigenvalue weighted by molar-refractivity contribution is 0.601. The molecule has 0 fully saturated rings. The van der Waals surface area contributed by atoms with E-state index in [0.29, 0.717) is 10.6 Å². The van der Waals surface area contributed by atoms with Crippen LogP contribution in [0.15, 0.2) is 23.1 Å². The van der Waals surface area contributed by atoms with Crippen molar-refractivity contribution in [2.75, 3.05) is 0 Å². The van der Waals surface area contributed by atoms with Crippen molar-refractivity contribution in [1.29, 1.82) is 0 Å². The summed E-state index contributed by atoms with van der Waals surface area (Å²) < 4.78 is 12.5. The Hall–Kier alpha value is -1.56. The molecule has 0 radical (unpaired) electrons. The van der Waals surface area contributed by atoms with Crippen molar-refractivity contribution >= 4 is 11.3 Å². The molecule has 2 heterocycles. The minimum absolute atomic E-state index is 0.200. The maximum Gasteiger partial charge on any atom is 0.289 e. The maximum absolute atomic E-state index is 12.5. The summed E-state index contributed by atoms with van der Waals surface area (Å²) in [4.78, 5) is 13.2. The third-order valence-corrected chi connectivity index (χ3v) is 2.19. The highest BCUT2D eigenvalue weighted by Crippen LogP contribution is 2.20. The third kappa shape index (κ3) is 1.62. The Morgan fingerprint density at radius 1 is 1.38 bits per heavy atom. The van der Waals surface area contributed by atoms with Gasteiger partial charge < -0.3 is 4.98 Å². The molecule has 0 aromatic carbocycles. The highest BCUT2D eigenvalue weighted by atomic mass is 32.1. The first-order chi connectivity index (χ1) is 6.25. The highest BCUT2D eigenvalue weighted by Gasteiger charge is 2.04. The van der Waals surface area contributed by atoms with Crippen molar-refractivity contribution in [2.45, 2.75) is 0 Å². The van der Waals surface area contributed by atoms with Gasteiger partial charge in [0.15, 0.2) is 5.01 Å². The number of halogens is 1. The average Bonchev–Trinajstić information content (AvgIpc) is 2.53. The second kappa shape index (κ2) is 3.06. The van der Waals surface area contributed by atoms with Crippen molar-refractivity contribution in [3.8, 4) is 10.6 Å². The normalized spacial score (nSPS) is 10.2. The molecular weight excluding hydrogens is 193 g/mol. The lowest BCUT2D eigenvalue weighted by atomic mass is 10.3. The molecule has 2 rings (SSSR count). The van der Waals surface area contributed by atoms with Crippen LogP contribution in [0.25, 0.3) is 10.6 Å². The number of hydrogen-bond acceptors (Lipinski definition) is 4. The van der Waals surface area contributed by atoms with Gasteiger partial charge in [-0.2, -0.15) is 4.39 Å². The predicted molar refractivity (Wildman–Crippen MR) is 45.9 cm³/mol. The number of pyridine rings is 1. The van der Waals surface area contributed by atoms with E-state index in [2.05, 4.69) is 15.2 Å². The maximum atomic E-state index is 12.5. The molecule has 0 saturated heterocycles. The minimum atomic E-state index is -0.582. The fraction of sp³-hybridized carbons (Fsp3) is 0. The summed E-state index contributed by atoms with van der Waals surface area (Å²) in [6.45, 7) is 0. The summed E-state index contributed by atoms with van der Waals surface area (Å²) >= 11 is 0.836. The summed E-state index contributed by atoms with van der Waals surface area (Å²) in [6, 6.07) is 2.92. The molecule has 0 amide bonds. The summed E-state index contributed by atoms with van der Waals surface area (Å²) in [5, 5.41) is 6.68. The highest BCUT2D eigenvalue weighted by molar-refractivity contribution is 7.13. The molecule has 0 unspecified atom stereocenters. The van der Waals surface area contributed by atoms with Gasteiger partial charge in [-0.15, -0.1) is 10.2 Å². The van der Waals surface area contributed by atoms with Crippen LogP contribution in [0.5, 0.6) is 0 Å². The van der Waals surface area contributed by atoms with Gasteiger partial charge in [0.05, 0.1) is 0 Å². The Labute approximate surface area is 76.1 Å². The van der Waals surface area contributed by atoms with Crippen molar-refractivity contribution in [3.63, 3.8) is 0 Å². The zero-order valence-electron chi connectivity index (χ0n) is 6.32. The monoisotopic (exact) mass is 197 g/mol. The van der Waals surface area contributed by atoms with Crippen molar-refractivity contribution < 1.29 is 4.39 Å². The standard InChI is InChI=1S/C7H4FN3OS/c8-7-11-10-6(13-7)4-1-2-5(12)9-3-4/h1-3H,(H,9,12). The zero-order valence-corrected chi connectivity index (χ0v) is 7.14. The first-order valence-electron chi connectivity index (χ1n) is 3.44. The van der Waals surface area contributed by atoms with Crippen LogP contribution in [0.3, 0.4) is 0 Å². The summed E-state index contributed by atoms with van der Waals surface area (Å²) in [5.74, 6) is 0. The fourth-order valence-electron chi connectivity index (χ4n) is 0.866. The number of rotatable bonds is 1. The van der Waals surface area contributed by atoms with Gasteiger partial charge >= 0.3 is 0 Å². The van der Waals surface area contributed by atoms with Gasteiger partial charge in [-0.1, -0.05) is 11.3 Å². The van der Waals surface area contributed by atoms with E-state index in [-0.39, 0.29) is 5.56 Å². The van der Waals surface area contributed by atoms with Crippen LogP contribution in [0.1, 0.15) is 0 Å². The number of hydrogen-bond donors (Lipinski definition) is 1. The van der Waals surface area contributed by atoms with Gasteiger partial charge in [-0.3, -0.25) is 4.79 Å². The van der Waals surface area contributed by atoms with E-state index < -0.39 is 5.26 Å². The number of nitrogens with one attached hydrogen (secondary N) is 1. The molecule has 0 atom stereocenters. The van der Waals surface area contributed by atoms with Gasteiger partial charge in [0.1, 0.15) is 0 Å². The van der Waals surface area contributed by atoms with Crippen LogP contribution >= 0.6 is 11.3 Å². The Morgan fingerprint density at radius 3 is 2.77 bits per heavy atom. The van der Waals surface area contributed by atoms with Crippen molar-refractivity contribution in [1.82, 2.24) is 15.2 Å². The second-order valence-corrected chi connectivity index (χ2v) is 3.23. The molecular formula is C7H4FN3OS. The quantitative estimate of drug-likeness (QED) is 0.742. The molecule has 4 nitrogen and oxygen atoms in total. The predicted octanol–water partition coefficient (Wildman–Crippen LogP) is 1.03. The van der Waals surface area contributed by atoms with Gasteiger partial charge in [0, 0.05) is 17.8 Å². The first-order valence-corrected chi connectivity index (χ1v) is 4.25. The number of aromatic amines is 1. The van der Waals surface area contributed by atoms with Gasteiger partial charge in [0.25, 0.3) is 5.26 Å². The smallest absolute Gasteiger partial charge is 0.289 e. The number of nitrogens with zero attached hydrogens (tertiary/aromatic N) is 2. The van der Waals surface area contributed by atoms with Crippen LogP contribution in [-0.4, -0.2) is 15.2 Å². The molecule has 0 saturated carbocycles. The van der Waals surface area contributed by atoms with Crippen LogP contribution in [-0.2, 0) is 0 Å². The van der Waals surface area contributed by atoms with E-state index in [9.17, 15) is 9.18 Å². The molecule has 0 aliphatic carbocycles. The summed E-state index contributed by atoms with van der Waals surface area (Å²) in [7, 11) is 0. The number of aromatic nitrogens is 3. The molecule has 66 valence electrons. The third-order valence-electron chi connectivity index (χ3n) is 1.43. The zero-order chi connectivity index (χ0) is 9.26. The largest absolute Gasteiger partial charge is 0.328 e. The van der Waals surface area contributed by atoms with E-state index >= 15 is 0 Å². The van der Waals surface area contributed by atoms with Gasteiger partial charge in [0.2, 0.25) is 5.56 Å². The van der Waals surface area contributed by atoms with E-state index in [1.807, 2.05) is 0 Å². The second-order valence-electron chi connectivity index (χ2n) is 2.30. The van der Waals surface area contributed by atoms with Crippen LogP contribution in [0.2, 0.25) is 0 Å². The van der Waals surface area contributed by atoms with Crippen molar-refractivity contribution in [2.24, 2.45) is 0 Å². The Morgan fingerprint density at radius 2 is 2.23 bits per heavy atom. The molecule has 2 aromatic rings. The topological polar surface area (TPSA) is 58.6 Å². The first kappa shape index (κ1) is 8.06. The molecule has 0 bridgehead atoms. The lowest BCUT2D eigenvalue weighted by Gasteiger charge is -1.90. The van der Waals surface area contributed by atoms with Gasteiger partial charge in [-0.05, 0) is 6.07 Å². The van der Waals surface area contributed by atoms with E-state index in [1.54, 1.807) is 6.07 Å². The lowest BCUT2D eigenvalue weighted by Crippen LogP contribution is -2.01. The fourth-order valence-corrected chi connectivity index (χ4v) is 1.43. The van der Waals surface area contributed by atoms with Crippen LogP contribution in [0.4, 0.5) is 4.39 Å². The SMILES string of the molecule is O=c1ccc(-c2nnc(F)s2)c[nH]1. The average molecular weight is 197 g/mol. The molecule has 6 heteroatoms. The van der Waals surface area contributed by atoms with Crippen LogP contribution in [0, 0.1) is 5.26 Å². The summed E-state index contributed by atoms with van der Waals surface area (Å²) in [6.07, 6.45) is 1.47. The van der Waals surface area contributed by atoms with E-state index in [4.69, 9.17) is 0 Å². The molecule has 0 aliphatic heterocycles. The molecule has 13 heavy (non-hydrogen) atoms. The Kier molecular flexibility index (Phi) is 1.90. The number of H-pyrrole nitrogens is 1. The Bertz CT molecular complexity index is 458. The summed E-state index contributed by atoms with van der Waals surface area (Å²) in [5.41, 5.74) is 0.453.